The Morgan fingerprint density at radius 2 is 1.76 bits per heavy atom. The van der Waals surface area contributed by atoms with Crippen LogP contribution in [0, 0.1) is 11.6 Å². The summed E-state index contributed by atoms with van der Waals surface area (Å²) in [6.45, 7) is 0.502. The van der Waals surface area contributed by atoms with Gasteiger partial charge >= 0.3 is 0 Å². The average molecular weight is 457 g/mol. The maximum atomic E-state index is 13.1. The minimum Gasteiger partial charge on any atom is -0.370 e. The van der Waals surface area contributed by atoms with Crippen LogP contribution in [0.2, 0.25) is 0 Å². The van der Waals surface area contributed by atoms with Gasteiger partial charge in [-0.25, -0.2) is 8.78 Å². The molecule has 0 heterocycles. The number of anilines is 1. The summed E-state index contributed by atoms with van der Waals surface area (Å²) in [4.78, 5) is 4.27. The molecule has 2 aromatic carbocycles. The number of rotatable bonds is 5. The minimum atomic E-state index is -0.550. The van der Waals surface area contributed by atoms with Crippen molar-refractivity contribution in [3.63, 3.8) is 0 Å². The Balaban J connectivity index is 0.00000225. The molecule has 134 valence electrons. The van der Waals surface area contributed by atoms with Crippen LogP contribution in [0.1, 0.15) is 29.5 Å². The molecule has 3 N–H and O–H groups in total. The van der Waals surface area contributed by atoms with E-state index in [1.807, 2.05) is 6.07 Å². The molecule has 0 unspecified atom stereocenters. The first-order valence-corrected chi connectivity index (χ1v) is 8.24. The van der Waals surface area contributed by atoms with Crippen LogP contribution >= 0.6 is 24.0 Å². The van der Waals surface area contributed by atoms with Gasteiger partial charge in [-0.1, -0.05) is 6.07 Å². The lowest BCUT2D eigenvalue weighted by molar-refractivity contribution is 0.579. The number of guanidine groups is 1. The van der Waals surface area contributed by atoms with Crippen molar-refractivity contribution in [2.45, 2.75) is 32.1 Å². The molecule has 3 nitrogen and oxygen atoms in total. The molecule has 0 radical (unpaired) electrons. The fourth-order valence-electron chi connectivity index (χ4n) is 3.07. The van der Waals surface area contributed by atoms with E-state index < -0.39 is 11.6 Å². The zero-order chi connectivity index (χ0) is 16.9. The zero-order valence-corrected chi connectivity index (χ0v) is 16.2. The number of benzene rings is 2. The lowest BCUT2D eigenvalue weighted by atomic mass is 10.1. The molecule has 0 saturated carbocycles. The Labute approximate surface area is 163 Å². The van der Waals surface area contributed by atoms with Crippen molar-refractivity contribution < 1.29 is 8.78 Å². The second-order valence-electron chi connectivity index (χ2n) is 6.11. The standard InChI is InChI=1S/C19H21F2N3.HI/c20-16-9-13(10-17(21)12-16)3-2-8-23-19(22)24-18-7-6-14-4-1-5-15(14)11-18;/h6-7,9-12H,1-5,8H2,(H3,22,23,24);1H. The maximum Gasteiger partial charge on any atom is 0.193 e. The van der Waals surface area contributed by atoms with Crippen LogP contribution in [0.15, 0.2) is 41.4 Å². The smallest absolute Gasteiger partial charge is 0.193 e. The van der Waals surface area contributed by atoms with E-state index in [4.69, 9.17) is 5.73 Å². The summed E-state index contributed by atoms with van der Waals surface area (Å²) in [5.41, 5.74) is 10.3. The van der Waals surface area contributed by atoms with Gasteiger partial charge in [0, 0.05) is 18.3 Å². The first kappa shape index (κ1) is 19.6. The summed E-state index contributed by atoms with van der Waals surface area (Å²) in [6.07, 6.45) is 4.72. The fourth-order valence-corrected chi connectivity index (χ4v) is 3.07. The molecule has 1 aliphatic rings. The molecule has 0 atom stereocenters. The Morgan fingerprint density at radius 3 is 2.52 bits per heavy atom. The maximum absolute atomic E-state index is 13.1. The van der Waals surface area contributed by atoms with Crippen LogP contribution in [-0.4, -0.2) is 12.5 Å². The summed E-state index contributed by atoms with van der Waals surface area (Å²) in [6, 6.07) is 9.84. The van der Waals surface area contributed by atoms with Gasteiger partial charge in [0.15, 0.2) is 5.96 Å². The molecule has 3 rings (SSSR count). The highest BCUT2D eigenvalue weighted by Gasteiger charge is 2.10. The van der Waals surface area contributed by atoms with E-state index in [9.17, 15) is 8.78 Å². The molecule has 1 aliphatic carbocycles. The summed E-state index contributed by atoms with van der Waals surface area (Å²) in [5.74, 6) is -0.740. The van der Waals surface area contributed by atoms with Gasteiger partial charge < -0.3 is 11.1 Å². The van der Waals surface area contributed by atoms with Gasteiger partial charge in [-0.2, -0.15) is 0 Å². The molecule has 6 heteroatoms. The van der Waals surface area contributed by atoms with Crippen molar-refractivity contribution in [3.8, 4) is 0 Å². The second kappa shape index (κ2) is 9.12. The molecule has 0 fully saturated rings. The van der Waals surface area contributed by atoms with Crippen molar-refractivity contribution in [1.82, 2.24) is 0 Å². The van der Waals surface area contributed by atoms with Crippen LogP contribution in [-0.2, 0) is 19.3 Å². The van der Waals surface area contributed by atoms with Crippen molar-refractivity contribution in [2.24, 2.45) is 10.7 Å². The number of hydrogen-bond donors (Lipinski definition) is 2. The quantitative estimate of drug-likeness (QED) is 0.302. The largest absolute Gasteiger partial charge is 0.370 e. The molecule has 2 aromatic rings. The number of halogens is 3. The molecule has 0 aromatic heterocycles. The Hall–Kier alpha value is -1.70. The van der Waals surface area contributed by atoms with E-state index in [1.54, 1.807) is 0 Å². The highest BCUT2D eigenvalue weighted by Crippen LogP contribution is 2.24. The Kier molecular flexibility index (Phi) is 7.16. The number of aliphatic imine (C=N–C) groups is 1. The van der Waals surface area contributed by atoms with Crippen LogP contribution in [0.5, 0.6) is 0 Å². The van der Waals surface area contributed by atoms with E-state index >= 15 is 0 Å². The molecular weight excluding hydrogens is 435 g/mol. The van der Waals surface area contributed by atoms with E-state index in [-0.39, 0.29) is 24.0 Å². The highest BCUT2D eigenvalue weighted by atomic mass is 127. The fraction of sp³-hybridized carbons (Fsp3) is 0.316. The number of nitrogens with one attached hydrogen (secondary N) is 1. The topological polar surface area (TPSA) is 50.4 Å². The molecule has 0 spiro atoms. The number of nitrogens with zero attached hydrogens (tertiary/aromatic N) is 1. The van der Waals surface area contributed by atoms with Gasteiger partial charge in [0.05, 0.1) is 0 Å². The van der Waals surface area contributed by atoms with E-state index in [0.29, 0.717) is 30.9 Å². The van der Waals surface area contributed by atoms with Crippen molar-refractivity contribution in [2.75, 3.05) is 11.9 Å². The van der Waals surface area contributed by atoms with E-state index in [2.05, 4.69) is 22.4 Å². The summed E-state index contributed by atoms with van der Waals surface area (Å²) < 4.78 is 26.2. The second-order valence-corrected chi connectivity index (χ2v) is 6.11. The molecule has 0 amide bonds. The SMILES string of the molecule is I.NC(=NCCCc1cc(F)cc(F)c1)Nc1ccc2c(c1)CCC2. The number of hydrogen-bond acceptors (Lipinski definition) is 1. The van der Waals surface area contributed by atoms with Crippen LogP contribution < -0.4 is 11.1 Å². The zero-order valence-electron chi connectivity index (χ0n) is 13.9. The van der Waals surface area contributed by atoms with Crippen LogP contribution in [0.3, 0.4) is 0 Å². The van der Waals surface area contributed by atoms with Crippen molar-refractivity contribution >= 4 is 35.6 Å². The average Bonchev–Trinajstić information content (AvgIpc) is 2.98. The van der Waals surface area contributed by atoms with Gasteiger partial charge in [-0.15, -0.1) is 24.0 Å². The predicted molar refractivity (Wildman–Crippen MR) is 109 cm³/mol. The molecule has 0 saturated heterocycles. The summed E-state index contributed by atoms with van der Waals surface area (Å²) in [5, 5.41) is 3.10. The third-order valence-corrected chi connectivity index (χ3v) is 4.20. The van der Waals surface area contributed by atoms with Crippen LogP contribution in [0.4, 0.5) is 14.5 Å². The lowest BCUT2D eigenvalue weighted by Crippen LogP contribution is -2.23. The first-order valence-electron chi connectivity index (χ1n) is 8.24. The lowest BCUT2D eigenvalue weighted by Gasteiger charge is -2.08. The first-order chi connectivity index (χ1) is 11.6. The van der Waals surface area contributed by atoms with E-state index in [1.165, 1.54) is 29.7 Å². The van der Waals surface area contributed by atoms with Crippen molar-refractivity contribution in [3.05, 3.63) is 64.7 Å². The third-order valence-electron chi connectivity index (χ3n) is 4.20. The summed E-state index contributed by atoms with van der Waals surface area (Å²) >= 11 is 0. The normalized spacial score (nSPS) is 13.3. The predicted octanol–water partition coefficient (Wildman–Crippen LogP) is 4.43. The molecule has 0 bridgehead atoms. The minimum absolute atomic E-state index is 0. The summed E-state index contributed by atoms with van der Waals surface area (Å²) in [7, 11) is 0. The van der Waals surface area contributed by atoms with Gasteiger partial charge in [0.25, 0.3) is 0 Å². The number of aryl methyl sites for hydroxylation is 3. The van der Waals surface area contributed by atoms with Gasteiger partial charge in [-0.3, -0.25) is 4.99 Å². The monoisotopic (exact) mass is 457 g/mol. The highest BCUT2D eigenvalue weighted by molar-refractivity contribution is 14.0. The molecule has 0 aliphatic heterocycles. The Bertz CT molecular complexity index is 742. The van der Waals surface area contributed by atoms with E-state index in [0.717, 1.165) is 24.6 Å². The third kappa shape index (κ3) is 5.66. The molecule has 25 heavy (non-hydrogen) atoms. The Morgan fingerprint density at radius 1 is 1.04 bits per heavy atom. The number of fused-ring (bicyclic) bond motifs is 1. The number of nitrogens with two attached hydrogens (primary N) is 1. The molecular formula is C19H22F2IN3. The van der Waals surface area contributed by atoms with Crippen LogP contribution in [0.25, 0.3) is 0 Å². The van der Waals surface area contributed by atoms with Gasteiger partial charge in [-0.05, 0) is 73.1 Å². The van der Waals surface area contributed by atoms with Gasteiger partial charge in [0.2, 0.25) is 0 Å². The van der Waals surface area contributed by atoms with Gasteiger partial charge in [0.1, 0.15) is 11.6 Å². The van der Waals surface area contributed by atoms with Crippen molar-refractivity contribution in [1.29, 1.82) is 0 Å².